The Balaban J connectivity index is 2.24. The van der Waals surface area contributed by atoms with Crippen LogP contribution < -0.4 is 10.6 Å². The molecule has 98 valence electrons. The van der Waals surface area contributed by atoms with E-state index in [1.165, 1.54) is 12.5 Å². The van der Waals surface area contributed by atoms with Gasteiger partial charge in [0, 0.05) is 24.3 Å². The van der Waals surface area contributed by atoms with Crippen molar-refractivity contribution in [2.75, 3.05) is 23.8 Å². The van der Waals surface area contributed by atoms with E-state index in [9.17, 15) is 10.1 Å². The Hall–Kier alpha value is -1.82. The molecule has 6 heteroatoms. The van der Waals surface area contributed by atoms with Crippen molar-refractivity contribution in [3.8, 4) is 0 Å². The number of nitrogen functional groups attached to an aromatic ring is 1. The van der Waals surface area contributed by atoms with Gasteiger partial charge in [-0.2, -0.15) is 0 Å². The molecular weight excluding hydrogens is 234 g/mol. The number of hydrogen-bond acceptors (Lipinski definition) is 5. The number of hydrogen-bond donors (Lipinski definition) is 2. The summed E-state index contributed by atoms with van der Waals surface area (Å²) in [5.74, 6) is 0. The van der Waals surface area contributed by atoms with E-state index < -0.39 is 4.92 Å². The van der Waals surface area contributed by atoms with Crippen LogP contribution in [-0.4, -0.2) is 29.2 Å². The molecule has 1 aliphatic rings. The van der Waals surface area contributed by atoms with Gasteiger partial charge in [-0.25, -0.2) is 0 Å². The largest absolute Gasteiger partial charge is 0.395 e. The summed E-state index contributed by atoms with van der Waals surface area (Å²) in [6.07, 6.45) is 3.38. The third-order valence-electron chi connectivity index (χ3n) is 3.40. The van der Waals surface area contributed by atoms with Crippen molar-refractivity contribution >= 4 is 17.1 Å². The Labute approximate surface area is 105 Å². The van der Waals surface area contributed by atoms with E-state index in [1.54, 1.807) is 12.1 Å². The van der Waals surface area contributed by atoms with Crippen LogP contribution in [0.2, 0.25) is 0 Å². The van der Waals surface area contributed by atoms with Crippen LogP contribution in [0, 0.1) is 10.1 Å². The van der Waals surface area contributed by atoms with Crippen LogP contribution in [0.5, 0.6) is 0 Å². The van der Waals surface area contributed by atoms with E-state index in [2.05, 4.69) is 4.90 Å². The summed E-state index contributed by atoms with van der Waals surface area (Å²) in [4.78, 5) is 12.3. The third kappa shape index (κ3) is 2.38. The predicted octanol–water partition coefficient (Wildman–Crippen LogP) is 1.53. The summed E-state index contributed by atoms with van der Waals surface area (Å²) in [5, 5.41) is 19.8. The first-order chi connectivity index (χ1) is 8.63. The van der Waals surface area contributed by atoms with Crippen LogP contribution in [0.15, 0.2) is 18.2 Å². The number of nitro benzene ring substituents is 1. The summed E-state index contributed by atoms with van der Waals surface area (Å²) in [6.45, 7) is 0.593. The number of benzene rings is 1. The molecule has 0 unspecified atom stereocenters. The first-order valence-corrected chi connectivity index (χ1v) is 6.05. The number of anilines is 2. The number of nitro groups is 1. The van der Waals surface area contributed by atoms with Crippen LogP contribution in [0.1, 0.15) is 19.3 Å². The fraction of sp³-hybridized carbons (Fsp3) is 0.500. The third-order valence-corrected chi connectivity index (χ3v) is 3.40. The minimum atomic E-state index is -0.487. The molecule has 1 saturated carbocycles. The van der Waals surface area contributed by atoms with Gasteiger partial charge < -0.3 is 15.7 Å². The molecule has 0 spiro atoms. The fourth-order valence-corrected chi connectivity index (χ4v) is 2.22. The van der Waals surface area contributed by atoms with Crippen LogP contribution in [-0.2, 0) is 0 Å². The summed E-state index contributed by atoms with van der Waals surface area (Å²) in [7, 11) is 0. The molecule has 1 aromatic carbocycles. The molecule has 0 heterocycles. The monoisotopic (exact) mass is 251 g/mol. The van der Waals surface area contributed by atoms with Crippen molar-refractivity contribution in [1.29, 1.82) is 0 Å². The molecule has 1 aliphatic carbocycles. The van der Waals surface area contributed by atoms with Crippen molar-refractivity contribution in [1.82, 2.24) is 0 Å². The first kappa shape index (κ1) is 12.6. The molecule has 2 rings (SSSR count). The summed E-state index contributed by atoms with van der Waals surface area (Å²) in [5.41, 5.74) is 6.62. The van der Waals surface area contributed by atoms with Crippen molar-refractivity contribution in [3.63, 3.8) is 0 Å². The molecule has 1 aromatic rings. The van der Waals surface area contributed by atoms with Crippen LogP contribution in [0.3, 0.4) is 0 Å². The Bertz CT molecular complexity index is 446. The fourth-order valence-electron chi connectivity index (χ4n) is 2.22. The van der Waals surface area contributed by atoms with Crippen molar-refractivity contribution in [2.24, 2.45) is 0 Å². The molecule has 0 atom stereocenters. The van der Waals surface area contributed by atoms with Gasteiger partial charge in [0.05, 0.1) is 11.5 Å². The molecule has 6 nitrogen and oxygen atoms in total. The van der Waals surface area contributed by atoms with Gasteiger partial charge in [-0.1, -0.05) is 0 Å². The van der Waals surface area contributed by atoms with Gasteiger partial charge in [0.2, 0.25) is 0 Å². The number of nitrogens with zero attached hydrogens (tertiary/aromatic N) is 2. The highest BCUT2D eigenvalue weighted by Gasteiger charge is 2.25. The minimum Gasteiger partial charge on any atom is -0.395 e. The van der Waals surface area contributed by atoms with Crippen molar-refractivity contribution < 1.29 is 10.0 Å². The van der Waals surface area contributed by atoms with Crippen LogP contribution >= 0.6 is 0 Å². The van der Waals surface area contributed by atoms with E-state index >= 15 is 0 Å². The summed E-state index contributed by atoms with van der Waals surface area (Å²) >= 11 is 0. The maximum Gasteiger partial charge on any atom is 0.292 e. The second-order valence-corrected chi connectivity index (χ2v) is 4.50. The Morgan fingerprint density at radius 3 is 2.67 bits per heavy atom. The quantitative estimate of drug-likeness (QED) is 0.470. The number of nitrogens with two attached hydrogens (primary N) is 1. The Morgan fingerprint density at radius 1 is 1.50 bits per heavy atom. The highest BCUT2D eigenvalue weighted by Crippen LogP contribution is 2.32. The van der Waals surface area contributed by atoms with Gasteiger partial charge >= 0.3 is 0 Å². The molecule has 1 fully saturated rings. The molecule has 0 radical (unpaired) electrons. The van der Waals surface area contributed by atoms with Gasteiger partial charge in [0.25, 0.3) is 5.69 Å². The number of aliphatic hydroxyl groups excluding tert-OH is 1. The topological polar surface area (TPSA) is 92.6 Å². The highest BCUT2D eigenvalue weighted by atomic mass is 16.6. The lowest BCUT2D eigenvalue weighted by atomic mass is 9.91. The predicted molar refractivity (Wildman–Crippen MR) is 69.6 cm³/mol. The van der Waals surface area contributed by atoms with E-state index in [0.717, 1.165) is 18.5 Å². The zero-order chi connectivity index (χ0) is 13.1. The number of aliphatic hydroxyl groups is 1. The average molecular weight is 251 g/mol. The van der Waals surface area contributed by atoms with E-state index in [4.69, 9.17) is 10.8 Å². The SMILES string of the molecule is Nc1cc(N(CCO)C2CCC2)ccc1[N+](=O)[O-]. The molecule has 18 heavy (non-hydrogen) atoms. The van der Waals surface area contributed by atoms with Crippen molar-refractivity contribution in [3.05, 3.63) is 28.3 Å². The second kappa shape index (κ2) is 5.22. The normalized spacial score (nSPS) is 15.2. The zero-order valence-corrected chi connectivity index (χ0v) is 10.1. The van der Waals surface area contributed by atoms with E-state index in [1.807, 2.05) is 0 Å². The lowest BCUT2D eigenvalue weighted by molar-refractivity contribution is -0.383. The Morgan fingerprint density at radius 2 is 2.22 bits per heavy atom. The number of rotatable bonds is 5. The van der Waals surface area contributed by atoms with Gasteiger partial charge in [-0.3, -0.25) is 10.1 Å². The molecule has 0 aromatic heterocycles. The zero-order valence-electron chi connectivity index (χ0n) is 10.1. The average Bonchev–Trinajstić information content (AvgIpc) is 2.25. The standard InChI is InChI=1S/C12H17N3O3/c13-11-8-10(4-5-12(11)15(17)18)14(6-7-16)9-2-1-3-9/h4-5,8-9,16H,1-3,6-7,13H2. The van der Waals surface area contributed by atoms with E-state index in [0.29, 0.717) is 12.6 Å². The summed E-state index contributed by atoms with van der Waals surface area (Å²) in [6, 6.07) is 5.15. The lowest BCUT2D eigenvalue weighted by Crippen LogP contribution is -2.42. The second-order valence-electron chi connectivity index (χ2n) is 4.50. The van der Waals surface area contributed by atoms with E-state index in [-0.39, 0.29) is 18.0 Å². The highest BCUT2D eigenvalue weighted by molar-refractivity contribution is 5.67. The van der Waals surface area contributed by atoms with Crippen LogP contribution in [0.25, 0.3) is 0 Å². The Kier molecular flexibility index (Phi) is 3.66. The lowest BCUT2D eigenvalue weighted by Gasteiger charge is -2.39. The molecule has 0 bridgehead atoms. The van der Waals surface area contributed by atoms with Gasteiger partial charge in [-0.05, 0) is 31.4 Å². The molecule has 0 aliphatic heterocycles. The molecular formula is C12H17N3O3. The van der Waals surface area contributed by atoms with Gasteiger partial charge in [0.1, 0.15) is 5.69 Å². The maximum atomic E-state index is 10.7. The molecule has 3 N–H and O–H groups in total. The first-order valence-electron chi connectivity index (χ1n) is 6.05. The minimum absolute atomic E-state index is 0.0629. The smallest absolute Gasteiger partial charge is 0.292 e. The van der Waals surface area contributed by atoms with Crippen molar-refractivity contribution in [2.45, 2.75) is 25.3 Å². The van der Waals surface area contributed by atoms with Gasteiger partial charge in [0.15, 0.2) is 0 Å². The molecule has 0 saturated heterocycles. The van der Waals surface area contributed by atoms with Crippen LogP contribution in [0.4, 0.5) is 17.1 Å². The molecule has 0 amide bonds. The summed E-state index contributed by atoms with van der Waals surface area (Å²) < 4.78 is 0. The van der Waals surface area contributed by atoms with Gasteiger partial charge in [-0.15, -0.1) is 0 Å². The maximum absolute atomic E-state index is 10.7.